The highest BCUT2D eigenvalue weighted by atomic mass is 16.7. The summed E-state index contributed by atoms with van der Waals surface area (Å²) in [5.41, 5.74) is 0.772. The van der Waals surface area contributed by atoms with Gasteiger partial charge in [-0.25, -0.2) is 14.8 Å². The number of para-hydroxylation sites is 2. The van der Waals surface area contributed by atoms with Crippen LogP contribution in [-0.2, 0) is 19.0 Å². The third-order valence-electron chi connectivity index (χ3n) is 4.17. The normalized spacial score (nSPS) is 9.81. The van der Waals surface area contributed by atoms with Gasteiger partial charge in [-0.3, -0.25) is 0 Å². The second kappa shape index (κ2) is 10.4. The number of methoxy groups -OCH3 is 3. The van der Waals surface area contributed by atoms with E-state index in [1.54, 1.807) is 48.5 Å². The fraction of sp³-hybridized carbons (Fsp3) is 0.130. The van der Waals surface area contributed by atoms with E-state index in [0.29, 0.717) is 22.6 Å². The molecule has 0 bridgehead atoms. The van der Waals surface area contributed by atoms with Gasteiger partial charge in [0, 0.05) is 5.56 Å². The van der Waals surface area contributed by atoms with Gasteiger partial charge in [-0.05, 0) is 18.2 Å². The molecule has 0 amide bonds. The largest absolute Gasteiger partial charge is 0.468 e. The molecule has 32 heavy (non-hydrogen) atoms. The third-order valence-corrected chi connectivity index (χ3v) is 4.17. The van der Waals surface area contributed by atoms with Gasteiger partial charge in [-0.1, -0.05) is 30.3 Å². The fourth-order valence-electron chi connectivity index (χ4n) is 2.76. The van der Waals surface area contributed by atoms with E-state index in [1.165, 1.54) is 33.7 Å². The van der Waals surface area contributed by atoms with E-state index in [1.807, 2.05) is 0 Å². The van der Waals surface area contributed by atoms with E-state index in [9.17, 15) is 10.1 Å². The molecule has 0 saturated carbocycles. The molecule has 0 spiro atoms. The number of hydrogen-bond donors (Lipinski definition) is 0. The summed E-state index contributed by atoms with van der Waals surface area (Å²) in [5, 5.41) is 9.23. The molecule has 0 atom stereocenters. The van der Waals surface area contributed by atoms with Crippen molar-refractivity contribution in [3.8, 4) is 29.3 Å². The maximum Gasteiger partial charge on any atom is 0.345 e. The molecule has 9 nitrogen and oxygen atoms in total. The van der Waals surface area contributed by atoms with Crippen LogP contribution in [0.15, 0.2) is 66.9 Å². The van der Waals surface area contributed by atoms with Crippen LogP contribution < -0.4 is 9.47 Å². The van der Waals surface area contributed by atoms with Crippen molar-refractivity contribution >= 4 is 11.5 Å². The summed E-state index contributed by atoms with van der Waals surface area (Å²) in [6, 6.07) is 17.0. The number of aromatic nitrogens is 2. The maximum absolute atomic E-state index is 12.4. The number of carbonyl (C=O) groups is 1. The lowest BCUT2D eigenvalue weighted by Crippen LogP contribution is -2.10. The zero-order valence-electron chi connectivity index (χ0n) is 17.6. The Bertz CT molecular complexity index is 1180. The molecule has 0 radical (unpaired) electrons. The quantitative estimate of drug-likeness (QED) is 0.295. The van der Waals surface area contributed by atoms with Gasteiger partial charge >= 0.3 is 5.97 Å². The van der Waals surface area contributed by atoms with E-state index in [-0.39, 0.29) is 23.3 Å². The lowest BCUT2D eigenvalue weighted by atomic mass is 10.1. The Morgan fingerprint density at radius 3 is 2.06 bits per heavy atom. The second-order valence-electron chi connectivity index (χ2n) is 6.07. The molecule has 3 aromatic rings. The fourth-order valence-corrected chi connectivity index (χ4v) is 2.76. The van der Waals surface area contributed by atoms with Crippen molar-refractivity contribution in [1.29, 1.82) is 5.26 Å². The first-order valence-electron chi connectivity index (χ1n) is 9.28. The van der Waals surface area contributed by atoms with Gasteiger partial charge in [0.1, 0.15) is 23.9 Å². The van der Waals surface area contributed by atoms with Crippen molar-refractivity contribution in [3.05, 3.63) is 78.0 Å². The van der Waals surface area contributed by atoms with Gasteiger partial charge in [-0.15, -0.1) is 0 Å². The number of carbonyl (C=O) groups excluding carboxylic acids is 1. The van der Waals surface area contributed by atoms with Crippen LogP contribution in [0.1, 0.15) is 11.1 Å². The Balaban J connectivity index is 1.96. The Kier molecular flexibility index (Phi) is 7.22. The van der Waals surface area contributed by atoms with Crippen molar-refractivity contribution < 1.29 is 28.5 Å². The van der Waals surface area contributed by atoms with E-state index in [4.69, 9.17) is 23.7 Å². The molecular formula is C23H19N3O6. The first-order chi connectivity index (χ1) is 15.6. The van der Waals surface area contributed by atoms with E-state index >= 15 is 0 Å². The number of nitriles is 1. The third kappa shape index (κ3) is 4.94. The predicted octanol–water partition coefficient (Wildman–Crippen LogP) is 4.07. The minimum Gasteiger partial charge on any atom is -0.468 e. The van der Waals surface area contributed by atoms with Crippen LogP contribution in [0, 0.1) is 11.3 Å². The zero-order valence-corrected chi connectivity index (χ0v) is 17.6. The van der Waals surface area contributed by atoms with Gasteiger partial charge in [0.25, 0.3) is 5.95 Å². The highest BCUT2D eigenvalue weighted by Crippen LogP contribution is 2.33. The number of ether oxygens (including phenoxy) is 5. The van der Waals surface area contributed by atoms with E-state index in [0.717, 1.165) is 0 Å². The molecule has 0 unspecified atom stereocenters. The van der Waals surface area contributed by atoms with Crippen LogP contribution in [0.4, 0.5) is 0 Å². The molecule has 0 aliphatic rings. The van der Waals surface area contributed by atoms with E-state index in [2.05, 4.69) is 16.0 Å². The van der Waals surface area contributed by atoms with Crippen molar-refractivity contribution in [2.75, 3.05) is 21.3 Å². The van der Waals surface area contributed by atoms with E-state index < -0.39 is 5.97 Å². The molecule has 162 valence electrons. The highest BCUT2D eigenvalue weighted by molar-refractivity contribution is 6.17. The van der Waals surface area contributed by atoms with Crippen LogP contribution >= 0.6 is 0 Å². The summed E-state index contributed by atoms with van der Waals surface area (Å²) in [4.78, 5) is 20.6. The zero-order chi connectivity index (χ0) is 22.9. The lowest BCUT2D eigenvalue weighted by molar-refractivity contribution is -0.134. The molecule has 0 N–H and O–H groups in total. The summed E-state index contributed by atoms with van der Waals surface area (Å²) < 4.78 is 26.9. The van der Waals surface area contributed by atoms with Crippen molar-refractivity contribution in [2.45, 2.75) is 0 Å². The number of benzene rings is 2. The first kappa shape index (κ1) is 22.1. The minimum absolute atomic E-state index is 0.0345. The van der Waals surface area contributed by atoms with Gasteiger partial charge in [0.15, 0.2) is 5.57 Å². The monoisotopic (exact) mass is 433 g/mol. The molecule has 9 heteroatoms. The van der Waals surface area contributed by atoms with Gasteiger partial charge in [-0.2, -0.15) is 5.26 Å². The Morgan fingerprint density at radius 2 is 1.44 bits per heavy atom. The topological polar surface area (TPSA) is 113 Å². The molecule has 3 rings (SSSR count). The number of rotatable bonds is 8. The average molecular weight is 433 g/mol. The number of nitrogens with zero attached hydrogens (tertiary/aromatic N) is 3. The van der Waals surface area contributed by atoms with Crippen molar-refractivity contribution in [2.24, 2.45) is 0 Å². The standard InChI is InChI=1S/C23H19N3O6/c1-28-22(27)21(23(29-2)30-3)16-9-5-7-11-18(16)32-20-12-19(25-14-26-20)31-17-10-6-4-8-15(17)13-24/h4-12,14H,1-3H3. The summed E-state index contributed by atoms with van der Waals surface area (Å²) in [6.45, 7) is 0. The first-order valence-corrected chi connectivity index (χ1v) is 9.28. The van der Waals surface area contributed by atoms with Crippen LogP contribution in [0.25, 0.3) is 5.57 Å². The summed E-state index contributed by atoms with van der Waals surface area (Å²) in [7, 11) is 4.00. The molecule has 1 aromatic heterocycles. The van der Waals surface area contributed by atoms with Gasteiger partial charge < -0.3 is 23.7 Å². The predicted molar refractivity (Wildman–Crippen MR) is 113 cm³/mol. The summed E-state index contributed by atoms with van der Waals surface area (Å²) >= 11 is 0. The maximum atomic E-state index is 12.4. The Morgan fingerprint density at radius 1 is 0.844 bits per heavy atom. The summed E-state index contributed by atoms with van der Waals surface area (Å²) in [6.07, 6.45) is 1.26. The van der Waals surface area contributed by atoms with Crippen LogP contribution in [0.5, 0.6) is 23.3 Å². The summed E-state index contributed by atoms with van der Waals surface area (Å²) in [5.74, 6) is 0.264. The molecule has 0 saturated heterocycles. The SMILES string of the molecule is COC(=O)C(=C(OC)OC)c1ccccc1Oc1cc(Oc2ccccc2C#N)ncn1. The minimum atomic E-state index is -0.667. The van der Waals surface area contributed by atoms with Gasteiger partial charge in [0.05, 0.1) is 33.0 Å². The highest BCUT2D eigenvalue weighted by Gasteiger charge is 2.24. The molecular weight excluding hydrogens is 414 g/mol. The van der Waals surface area contributed by atoms with Crippen LogP contribution in [-0.4, -0.2) is 37.3 Å². The molecule has 0 aliphatic heterocycles. The van der Waals surface area contributed by atoms with Crippen molar-refractivity contribution in [1.82, 2.24) is 9.97 Å². The van der Waals surface area contributed by atoms with Crippen LogP contribution in [0.2, 0.25) is 0 Å². The molecule has 1 heterocycles. The Hall–Kier alpha value is -4.58. The molecule has 0 fully saturated rings. The average Bonchev–Trinajstić information content (AvgIpc) is 2.83. The Labute approximate surface area is 184 Å². The number of hydrogen-bond acceptors (Lipinski definition) is 9. The molecule has 0 aliphatic carbocycles. The van der Waals surface area contributed by atoms with Gasteiger partial charge in [0.2, 0.25) is 11.8 Å². The molecule has 2 aromatic carbocycles. The number of esters is 1. The smallest absolute Gasteiger partial charge is 0.345 e. The second-order valence-corrected chi connectivity index (χ2v) is 6.07. The lowest BCUT2D eigenvalue weighted by Gasteiger charge is -2.15. The van der Waals surface area contributed by atoms with Crippen LogP contribution in [0.3, 0.4) is 0 Å². The van der Waals surface area contributed by atoms with Crippen molar-refractivity contribution in [3.63, 3.8) is 0 Å².